The monoisotopic (exact) mass is 361 g/mol. The summed E-state index contributed by atoms with van der Waals surface area (Å²) in [6.45, 7) is 4.26. The summed E-state index contributed by atoms with van der Waals surface area (Å²) in [5.41, 5.74) is 0.783. The van der Waals surface area contributed by atoms with Crippen LogP contribution >= 0.6 is 0 Å². The van der Waals surface area contributed by atoms with Crippen LogP contribution in [0.2, 0.25) is 0 Å². The molecule has 26 heavy (non-hydrogen) atoms. The Hall–Kier alpha value is -2.47. The number of likely N-dealkylation sites (tertiary alicyclic amines) is 1. The van der Waals surface area contributed by atoms with Crippen molar-refractivity contribution in [3.8, 4) is 0 Å². The van der Waals surface area contributed by atoms with Crippen LogP contribution in [-0.4, -0.2) is 46.0 Å². The molecule has 0 saturated carbocycles. The van der Waals surface area contributed by atoms with Crippen molar-refractivity contribution in [2.24, 2.45) is 0 Å². The highest BCUT2D eigenvalue weighted by molar-refractivity contribution is 6.14. The summed E-state index contributed by atoms with van der Waals surface area (Å²) in [5.74, 6) is -1.01. The topological polar surface area (TPSA) is 94.9 Å². The molecule has 0 spiro atoms. The molecule has 0 aliphatic carbocycles. The fourth-order valence-corrected chi connectivity index (χ4v) is 2.55. The van der Waals surface area contributed by atoms with Crippen molar-refractivity contribution >= 4 is 23.4 Å². The molecule has 1 heterocycles. The molecule has 1 aromatic rings. The van der Waals surface area contributed by atoms with Gasteiger partial charge in [0.1, 0.15) is 0 Å². The quantitative estimate of drug-likeness (QED) is 0.401. The zero-order chi connectivity index (χ0) is 19.4. The lowest BCUT2D eigenvalue weighted by Crippen LogP contribution is -2.29. The third-order valence-electron chi connectivity index (χ3n) is 4.08. The van der Waals surface area contributed by atoms with Crippen molar-refractivity contribution in [1.82, 2.24) is 4.90 Å². The second-order valence-electron chi connectivity index (χ2n) is 6.08. The van der Waals surface area contributed by atoms with Crippen LogP contribution in [0.4, 0.5) is 0 Å². The van der Waals surface area contributed by atoms with E-state index < -0.39 is 5.97 Å². The lowest BCUT2D eigenvalue weighted by molar-refractivity contribution is -0.138. The molecule has 2 N–H and O–H groups in total. The molecule has 1 saturated heterocycles. The first-order valence-corrected chi connectivity index (χ1v) is 8.89. The first kappa shape index (κ1) is 21.6. The molecule has 1 fully saturated rings. The zero-order valence-corrected chi connectivity index (χ0v) is 15.0. The number of aliphatic carboxylic acids is 1. The smallest absolute Gasteiger partial charge is 0.335 e. The summed E-state index contributed by atoms with van der Waals surface area (Å²) in [7, 11) is 0. The maximum atomic E-state index is 11.2. The van der Waals surface area contributed by atoms with Gasteiger partial charge in [-0.25, -0.2) is 4.79 Å². The number of rotatable bonds is 9. The lowest BCUT2D eigenvalue weighted by atomic mass is 10.1. The van der Waals surface area contributed by atoms with E-state index in [1.807, 2.05) is 6.07 Å². The molecular formula is C20H27NO5. The largest absolute Gasteiger partial charge is 0.478 e. The van der Waals surface area contributed by atoms with E-state index in [1.165, 1.54) is 4.90 Å². The number of hydrogen-bond donors (Lipinski definition) is 2. The minimum atomic E-state index is -0.976. The summed E-state index contributed by atoms with van der Waals surface area (Å²) in [4.78, 5) is 34.2. The second kappa shape index (κ2) is 12.0. The van der Waals surface area contributed by atoms with E-state index in [-0.39, 0.29) is 24.0 Å². The van der Waals surface area contributed by atoms with Crippen LogP contribution in [0.25, 0.3) is 5.57 Å². The van der Waals surface area contributed by atoms with Crippen LogP contribution in [0, 0.1) is 0 Å². The molecule has 1 aliphatic rings. The maximum absolute atomic E-state index is 11.2. The van der Waals surface area contributed by atoms with Crippen molar-refractivity contribution in [1.29, 1.82) is 0 Å². The van der Waals surface area contributed by atoms with Gasteiger partial charge < -0.3 is 10.2 Å². The summed E-state index contributed by atoms with van der Waals surface area (Å²) in [5, 5.41) is 17.1. The minimum Gasteiger partial charge on any atom is -0.478 e. The van der Waals surface area contributed by atoms with E-state index in [0.717, 1.165) is 32.1 Å². The molecule has 0 atom stereocenters. The van der Waals surface area contributed by atoms with Gasteiger partial charge in [0, 0.05) is 26.0 Å². The van der Waals surface area contributed by atoms with E-state index in [4.69, 9.17) is 10.2 Å². The number of amides is 2. The number of unbranched alkanes of at least 4 members (excludes halogenated alkanes) is 4. The molecule has 2 rings (SSSR count). The molecule has 0 aromatic heterocycles. The first-order valence-electron chi connectivity index (χ1n) is 8.89. The maximum Gasteiger partial charge on any atom is 0.335 e. The van der Waals surface area contributed by atoms with E-state index >= 15 is 0 Å². The standard InChI is InChI=1S/C11H19NO3.C9H8O2/c13-9-5-3-1-2-4-8-12-10(14)6-7-11(12)15;1-7(9(10)11)8-5-3-2-4-6-8/h13H,1-9H2;2-6H,1H2,(H,10,11). The number of carbonyl (C=O) groups is 3. The van der Waals surface area contributed by atoms with Gasteiger partial charge in [0.15, 0.2) is 0 Å². The molecule has 6 heteroatoms. The average Bonchev–Trinajstić information content (AvgIpc) is 2.97. The summed E-state index contributed by atoms with van der Waals surface area (Å²) in [6, 6.07) is 8.83. The molecule has 1 aromatic carbocycles. The number of carboxylic acids is 1. The van der Waals surface area contributed by atoms with Gasteiger partial charge in [-0.2, -0.15) is 0 Å². The minimum absolute atomic E-state index is 0.0182. The summed E-state index contributed by atoms with van der Waals surface area (Å²) in [6.07, 6.45) is 5.64. The Morgan fingerprint density at radius 3 is 2.04 bits per heavy atom. The predicted octanol–water partition coefficient (Wildman–Crippen LogP) is 2.86. The number of carboxylic acid groups (broad SMARTS) is 1. The SMILES string of the molecule is C=C(C(=O)O)c1ccccc1.O=C1CCC(=O)N1CCCCCCCO. The zero-order valence-electron chi connectivity index (χ0n) is 15.0. The number of aliphatic hydroxyl groups excluding tert-OH is 1. The normalized spacial score (nSPS) is 13.3. The Kier molecular flexibility index (Phi) is 9.94. The van der Waals surface area contributed by atoms with Gasteiger partial charge in [0.05, 0.1) is 5.57 Å². The van der Waals surface area contributed by atoms with Crippen LogP contribution < -0.4 is 0 Å². The fourth-order valence-electron chi connectivity index (χ4n) is 2.55. The van der Waals surface area contributed by atoms with E-state index in [2.05, 4.69) is 6.58 Å². The summed E-state index contributed by atoms with van der Waals surface area (Å²) < 4.78 is 0. The summed E-state index contributed by atoms with van der Waals surface area (Å²) >= 11 is 0. The van der Waals surface area contributed by atoms with Crippen LogP contribution in [0.5, 0.6) is 0 Å². The second-order valence-corrected chi connectivity index (χ2v) is 6.08. The molecule has 0 unspecified atom stereocenters. The Bertz CT molecular complexity index is 596. The predicted molar refractivity (Wildman–Crippen MR) is 99.2 cm³/mol. The van der Waals surface area contributed by atoms with Gasteiger partial charge in [-0.15, -0.1) is 0 Å². The molecular weight excluding hydrogens is 334 g/mol. The van der Waals surface area contributed by atoms with E-state index in [1.54, 1.807) is 24.3 Å². The highest BCUT2D eigenvalue weighted by atomic mass is 16.4. The molecule has 2 amide bonds. The number of carbonyl (C=O) groups excluding carboxylic acids is 2. The Labute approximate surface area is 154 Å². The number of imide groups is 1. The Morgan fingerprint density at radius 2 is 1.50 bits per heavy atom. The van der Waals surface area contributed by atoms with Crippen LogP contribution in [0.3, 0.4) is 0 Å². The van der Waals surface area contributed by atoms with Crippen LogP contribution in [-0.2, 0) is 14.4 Å². The van der Waals surface area contributed by atoms with Gasteiger partial charge in [-0.05, 0) is 18.4 Å². The highest BCUT2D eigenvalue weighted by Gasteiger charge is 2.27. The van der Waals surface area contributed by atoms with Crippen molar-refractivity contribution < 1.29 is 24.6 Å². The Balaban J connectivity index is 0.000000273. The lowest BCUT2D eigenvalue weighted by Gasteiger charge is -2.12. The molecule has 1 aliphatic heterocycles. The van der Waals surface area contributed by atoms with Gasteiger partial charge in [-0.3, -0.25) is 14.5 Å². The number of aliphatic hydroxyl groups is 1. The van der Waals surface area contributed by atoms with Crippen LogP contribution in [0.1, 0.15) is 50.5 Å². The van der Waals surface area contributed by atoms with Crippen molar-refractivity contribution in [2.75, 3.05) is 13.2 Å². The van der Waals surface area contributed by atoms with E-state index in [9.17, 15) is 14.4 Å². The van der Waals surface area contributed by atoms with Gasteiger partial charge in [0.2, 0.25) is 11.8 Å². The third kappa shape index (κ3) is 7.61. The number of nitrogens with zero attached hydrogens (tertiary/aromatic N) is 1. The molecule has 142 valence electrons. The van der Waals surface area contributed by atoms with Gasteiger partial charge >= 0.3 is 5.97 Å². The Morgan fingerprint density at radius 1 is 0.962 bits per heavy atom. The number of hydrogen-bond acceptors (Lipinski definition) is 4. The fraction of sp³-hybridized carbons (Fsp3) is 0.450. The highest BCUT2D eigenvalue weighted by Crippen LogP contribution is 2.13. The van der Waals surface area contributed by atoms with Crippen molar-refractivity contribution in [2.45, 2.75) is 44.9 Å². The first-order chi connectivity index (χ1) is 12.5. The molecule has 0 bridgehead atoms. The average molecular weight is 361 g/mol. The van der Waals surface area contributed by atoms with Crippen LogP contribution in [0.15, 0.2) is 36.9 Å². The third-order valence-corrected chi connectivity index (χ3v) is 4.08. The molecule has 6 nitrogen and oxygen atoms in total. The van der Waals surface area contributed by atoms with E-state index in [0.29, 0.717) is 24.9 Å². The van der Waals surface area contributed by atoms with Crippen molar-refractivity contribution in [3.05, 3.63) is 42.5 Å². The van der Waals surface area contributed by atoms with Gasteiger partial charge in [-0.1, -0.05) is 56.2 Å². The van der Waals surface area contributed by atoms with Crippen molar-refractivity contribution in [3.63, 3.8) is 0 Å². The number of benzene rings is 1. The van der Waals surface area contributed by atoms with Gasteiger partial charge in [0.25, 0.3) is 0 Å². The molecule has 0 radical (unpaired) electrons.